The molecule has 1 aliphatic rings. The highest BCUT2D eigenvalue weighted by atomic mass is 35.5. The predicted molar refractivity (Wildman–Crippen MR) is 109 cm³/mol. The van der Waals surface area contributed by atoms with Crippen molar-refractivity contribution in [1.82, 2.24) is 19.9 Å². The minimum atomic E-state index is 0.232. The monoisotopic (exact) mass is 416 g/mol. The van der Waals surface area contributed by atoms with Gasteiger partial charge in [0.25, 0.3) is 0 Å². The number of amides is 1. The molecule has 1 aliphatic heterocycles. The number of benzene rings is 1. The molecule has 1 saturated heterocycles. The highest BCUT2D eigenvalue weighted by molar-refractivity contribution is 7.09. The summed E-state index contributed by atoms with van der Waals surface area (Å²) in [6.07, 6.45) is 1.40. The summed E-state index contributed by atoms with van der Waals surface area (Å²) >= 11 is 7.62. The molecule has 3 heterocycles. The summed E-state index contributed by atoms with van der Waals surface area (Å²) in [5.41, 5.74) is 0.876. The van der Waals surface area contributed by atoms with E-state index in [1.807, 2.05) is 35.2 Å². The Hall–Kier alpha value is -2.22. The Balaban J connectivity index is 1.25. The number of hydrogen-bond acceptors (Lipinski definition) is 6. The Labute approximate surface area is 172 Å². The minimum Gasteiger partial charge on any atom is -0.340 e. The lowest BCUT2D eigenvalue weighted by Crippen LogP contribution is -2.48. The van der Waals surface area contributed by atoms with E-state index in [1.165, 1.54) is 4.88 Å². The molecular formula is C20H21ClN4O2S. The highest BCUT2D eigenvalue weighted by Crippen LogP contribution is 2.19. The van der Waals surface area contributed by atoms with Crippen LogP contribution < -0.4 is 0 Å². The minimum absolute atomic E-state index is 0.232. The van der Waals surface area contributed by atoms with E-state index >= 15 is 0 Å². The first-order valence-corrected chi connectivity index (χ1v) is 10.5. The van der Waals surface area contributed by atoms with Gasteiger partial charge in [-0.3, -0.25) is 9.69 Å². The average molecular weight is 417 g/mol. The quantitative estimate of drug-likeness (QED) is 0.612. The summed E-state index contributed by atoms with van der Waals surface area (Å²) in [5, 5.41) is 6.78. The fourth-order valence-corrected chi connectivity index (χ4v) is 4.06. The molecule has 0 spiro atoms. The summed E-state index contributed by atoms with van der Waals surface area (Å²) < 4.78 is 5.39. The smallest absolute Gasteiger partial charge is 0.241 e. The molecule has 3 aromatic rings. The van der Waals surface area contributed by atoms with Gasteiger partial charge in [-0.1, -0.05) is 22.8 Å². The fraction of sp³-hybridized carbons (Fsp3) is 0.350. The molecule has 1 amide bonds. The van der Waals surface area contributed by atoms with Crippen LogP contribution in [0.5, 0.6) is 0 Å². The summed E-state index contributed by atoms with van der Waals surface area (Å²) in [7, 11) is 0. The van der Waals surface area contributed by atoms with Gasteiger partial charge >= 0.3 is 0 Å². The van der Waals surface area contributed by atoms with E-state index in [9.17, 15) is 4.79 Å². The molecule has 1 fully saturated rings. The summed E-state index contributed by atoms with van der Waals surface area (Å²) in [4.78, 5) is 22.3. The highest BCUT2D eigenvalue weighted by Gasteiger charge is 2.22. The summed E-state index contributed by atoms with van der Waals surface area (Å²) in [6, 6.07) is 11.5. The number of nitrogens with zero attached hydrogens (tertiary/aromatic N) is 4. The van der Waals surface area contributed by atoms with Crippen LogP contribution >= 0.6 is 22.9 Å². The summed E-state index contributed by atoms with van der Waals surface area (Å²) in [6.45, 7) is 3.69. The second-order valence-corrected chi connectivity index (χ2v) is 8.22. The zero-order chi connectivity index (χ0) is 19.3. The number of carbonyl (C=O) groups is 1. The van der Waals surface area contributed by atoms with Gasteiger partial charge in [0, 0.05) is 48.1 Å². The van der Waals surface area contributed by atoms with E-state index in [-0.39, 0.29) is 5.91 Å². The number of thiophene rings is 1. The third-order valence-electron chi connectivity index (χ3n) is 4.82. The van der Waals surface area contributed by atoms with Crippen molar-refractivity contribution in [2.75, 3.05) is 26.2 Å². The largest absolute Gasteiger partial charge is 0.340 e. The Kier molecular flexibility index (Phi) is 6.04. The van der Waals surface area contributed by atoms with Crippen molar-refractivity contribution >= 4 is 28.8 Å². The van der Waals surface area contributed by atoms with E-state index in [0.29, 0.717) is 29.7 Å². The second-order valence-electron chi connectivity index (χ2n) is 6.75. The normalized spacial score (nSPS) is 15.1. The third kappa shape index (κ3) is 4.79. The molecule has 146 valence electrons. The topological polar surface area (TPSA) is 62.5 Å². The first-order chi connectivity index (χ1) is 13.7. The molecule has 6 nitrogen and oxygen atoms in total. The standard InChI is InChI=1S/C20H21ClN4O2S/c21-16-5-3-15(4-6-16)20-22-18(27-23-20)14-24-9-11-25(12-10-24)19(26)8-7-17-2-1-13-28-17/h1-6,13H,7-12,14H2. The van der Waals surface area contributed by atoms with Crippen LogP contribution in [0.15, 0.2) is 46.3 Å². The maximum absolute atomic E-state index is 12.4. The van der Waals surface area contributed by atoms with Gasteiger partial charge in [-0.05, 0) is 42.1 Å². The van der Waals surface area contributed by atoms with E-state index in [0.717, 1.165) is 38.2 Å². The molecule has 28 heavy (non-hydrogen) atoms. The molecule has 8 heteroatoms. The van der Waals surface area contributed by atoms with Crippen LogP contribution in [0.2, 0.25) is 5.02 Å². The van der Waals surface area contributed by atoms with Crippen molar-refractivity contribution < 1.29 is 9.32 Å². The van der Waals surface area contributed by atoms with Gasteiger partial charge in [-0.2, -0.15) is 4.98 Å². The maximum atomic E-state index is 12.4. The number of halogens is 1. The van der Waals surface area contributed by atoms with Crippen molar-refractivity contribution in [3.8, 4) is 11.4 Å². The molecule has 0 unspecified atom stereocenters. The van der Waals surface area contributed by atoms with Crippen molar-refractivity contribution in [2.45, 2.75) is 19.4 Å². The van der Waals surface area contributed by atoms with E-state index in [2.05, 4.69) is 26.5 Å². The van der Waals surface area contributed by atoms with E-state index in [4.69, 9.17) is 16.1 Å². The van der Waals surface area contributed by atoms with Gasteiger partial charge in [0.05, 0.1) is 6.54 Å². The zero-order valence-electron chi connectivity index (χ0n) is 15.4. The van der Waals surface area contributed by atoms with Crippen molar-refractivity contribution in [1.29, 1.82) is 0 Å². The average Bonchev–Trinajstić information content (AvgIpc) is 3.39. The molecule has 1 aromatic carbocycles. The van der Waals surface area contributed by atoms with Crippen molar-refractivity contribution in [3.63, 3.8) is 0 Å². The number of hydrogen-bond donors (Lipinski definition) is 0. The van der Waals surface area contributed by atoms with Gasteiger partial charge in [-0.25, -0.2) is 0 Å². The fourth-order valence-electron chi connectivity index (χ4n) is 3.23. The van der Waals surface area contributed by atoms with Gasteiger partial charge in [-0.15, -0.1) is 11.3 Å². The molecule has 4 rings (SSSR count). The Morgan fingerprint density at radius 1 is 1.14 bits per heavy atom. The molecular weight excluding hydrogens is 396 g/mol. The predicted octanol–water partition coefficient (Wildman–Crippen LogP) is 3.73. The zero-order valence-corrected chi connectivity index (χ0v) is 17.0. The van der Waals surface area contributed by atoms with Crippen LogP contribution in [0.4, 0.5) is 0 Å². The van der Waals surface area contributed by atoms with Gasteiger partial charge < -0.3 is 9.42 Å². The number of carbonyl (C=O) groups excluding carboxylic acids is 1. The third-order valence-corrected chi connectivity index (χ3v) is 6.01. The van der Waals surface area contributed by atoms with Crippen LogP contribution in [0.3, 0.4) is 0 Å². The first kappa shape index (κ1) is 19.1. The number of aromatic nitrogens is 2. The van der Waals surface area contributed by atoms with E-state index < -0.39 is 0 Å². The van der Waals surface area contributed by atoms with Crippen LogP contribution in [0, 0.1) is 0 Å². The van der Waals surface area contributed by atoms with Crippen LogP contribution in [-0.2, 0) is 17.8 Å². The molecule has 0 radical (unpaired) electrons. The van der Waals surface area contributed by atoms with Crippen LogP contribution in [0.25, 0.3) is 11.4 Å². The lowest BCUT2D eigenvalue weighted by Gasteiger charge is -2.34. The number of aryl methyl sites for hydroxylation is 1. The van der Waals surface area contributed by atoms with Crippen molar-refractivity contribution in [2.24, 2.45) is 0 Å². The molecule has 0 atom stereocenters. The van der Waals surface area contributed by atoms with Gasteiger partial charge in [0.1, 0.15) is 0 Å². The molecule has 2 aromatic heterocycles. The maximum Gasteiger partial charge on any atom is 0.241 e. The van der Waals surface area contributed by atoms with Crippen molar-refractivity contribution in [3.05, 3.63) is 57.6 Å². The summed E-state index contributed by atoms with van der Waals surface area (Å²) in [5.74, 6) is 1.38. The molecule has 0 N–H and O–H groups in total. The Morgan fingerprint density at radius 2 is 1.93 bits per heavy atom. The molecule has 0 saturated carbocycles. The molecule has 0 aliphatic carbocycles. The lowest BCUT2D eigenvalue weighted by molar-refractivity contribution is -0.133. The van der Waals surface area contributed by atoms with E-state index in [1.54, 1.807) is 11.3 Å². The Morgan fingerprint density at radius 3 is 2.64 bits per heavy atom. The first-order valence-electron chi connectivity index (χ1n) is 9.28. The number of piperazine rings is 1. The van der Waals surface area contributed by atoms with Crippen LogP contribution in [-0.4, -0.2) is 52.0 Å². The van der Waals surface area contributed by atoms with Gasteiger partial charge in [0.2, 0.25) is 17.6 Å². The number of rotatable bonds is 6. The second kappa shape index (κ2) is 8.86. The van der Waals surface area contributed by atoms with Crippen LogP contribution in [0.1, 0.15) is 17.2 Å². The Bertz CT molecular complexity index is 903. The SMILES string of the molecule is O=C(CCc1cccs1)N1CCN(Cc2nc(-c3ccc(Cl)cc3)no2)CC1. The molecule has 0 bridgehead atoms. The lowest BCUT2D eigenvalue weighted by atomic mass is 10.2. The van der Waals surface area contributed by atoms with Gasteiger partial charge in [0.15, 0.2) is 0 Å².